The van der Waals surface area contributed by atoms with Crippen LogP contribution in [0.4, 0.5) is 5.69 Å². The highest BCUT2D eigenvalue weighted by Crippen LogP contribution is 2.21. The topological polar surface area (TPSA) is 55.8 Å². The Morgan fingerprint density at radius 1 is 1.22 bits per heavy atom. The van der Waals surface area contributed by atoms with Crippen molar-refractivity contribution in [3.8, 4) is 0 Å². The summed E-state index contributed by atoms with van der Waals surface area (Å²) in [5.74, 6) is -0.174. The highest BCUT2D eigenvalue weighted by molar-refractivity contribution is 5.95. The Bertz CT molecular complexity index is 551. The van der Waals surface area contributed by atoms with Gasteiger partial charge in [0.25, 0.3) is 0 Å². The lowest BCUT2D eigenvalue weighted by Crippen LogP contribution is -2.23. The summed E-state index contributed by atoms with van der Waals surface area (Å²) in [6.07, 6.45) is 6.35. The monoisotopic (exact) mass is 317 g/mol. The van der Waals surface area contributed by atoms with Crippen LogP contribution in [0.3, 0.4) is 0 Å². The largest absolute Gasteiger partial charge is 0.463 e. The molecule has 124 valence electrons. The van der Waals surface area contributed by atoms with Crippen molar-refractivity contribution in [2.75, 3.05) is 31.8 Å². The average Bonchev–Trinajstić information content (AvgIpc) is 2.99. The fraction of sp³-hybridized carbons (Fsp3) is 0.444. The molecule has 1 aromatic carbocycles. The Balaban J connectivity index is 1.78. The van der Waals surface area contributed by atoms with E-state index in [1.807, 2.05) is 24.3 Å². The van der Waals surface area contributed by atoms with E-state index in [9.17, 15) is 9.59 Å². The Morgan fingerprint density at radius 3 is 2.61 bits per heavy atom. The number of benzene rings is 1. The number of hydrogen-bond acceptors (Lipinski definition) is 4. The zero-order valence-electron chi connectivity index (χ0n) is 13.5. The highest BCUT2D eigenvalue weighted by atomic mass is 16.5. The summed E-state index contributed by atoms with van der Waals surface area (Å²) in [5.41, 5.74) is 1.81. The molecular formula is C18H23NO4. The molecule has 1 saturated heterocycles. The van der Waals surface area contributed by atoms with E-state index in [0.717, 1.165) is 37.1 Å². The normalized spacial score (nSPS) is 14.7. The van der Waals surface area contributed by atoms with Crippen molar-refractivity contribution in [2.24, 2.45) is 0 Å². The lowest BCUT2D eigenvalue weighted by Gasteiger charge is -2.15. The molecule has 1 amide bonds. The molecule has 1 aromatic rings. The smallest absolute Gasteiger partial charge is 0.330 e. The number of methoxy groups -OCH3 is 1. The van der Waals surface area contributed by atoms with E-state index in [1.165, 1.54) is 6.08 Å². The van der Waals surface area contributed by atoms with Crippen molar-refractivity contribution in [1.82, 2.24) is 0 Å². The van der Waals surface area contributed by atoms with Gasteiger partial charge in [-0.1, -0.05) is 12.1 Å². The van der Waals surface area contributed by atoms with E-state index in [0.29, 0.717) is 19.6 Å². The van der Waals surface area contributed by atoms with Crippen molar-refractivity contribution < 1.29 is 19.1 Å². The quantitative estimate of drug-likeness (QED) is 0.420. The summed E-state index contributed by atoms with van der Waals surface area (Å²) >= 11 is 0. The lowest BCUT2D eigenvalue weighted by atomic mass is 10.2. The fourth-order valence-electron chi connectivity index (χ4n) is 2.42. The second kappa shape index (κ2) is 9.10. The lowest BCUT2D eigenvalue weighted by molar-refractivity contribution is -0.137. The molecule has 23 heavy (non-hydrogen) atoms. The number of carbonyl (C=O) groups is 2. The maximum Gasteiger partial charge on any atom is 0.330 e. The molecule has 5 heteroatoms. The van der Waals surface area contributed by atoms with Gasteiger partial charge in [0, 0.05) is 38.4 Å². The SMILES string of the molecule is COCCCCOC(=O)C=Cc1ccc(N2CCCC2=O)cc1. The third-order valence-electron chi connectivity index (χ3n) is 3.68. The van der Waals surface area contributed by atoms with Crippen LogP contribution in [0, 0.1) is 0 Å². The van der Waals surface area contributed by atoms with Crippen molar-refractivity contribution in [3.63, 3.8) is 0 Å². The molecule has 0 saturated carbocycles. The first-order valence-electron chi connectivity index (χ1n) is 7.95. The van der Waals surface area contributed by atoms with Crippen LogP contribution >= 0.6 is 0 Å². The van der Waals surface area contributed by atoms with E-state index >= 15 is 0 Å². The van der Waals surface area contributed by atoms with Gasteiger partial charge in [-0.2, -0.15) is 0 Å². The van der Waals surface area contributed by atoms with Gasteiger partial charge in [0.2, 0.25) is 5.91 Å². The van der Waals surface area contributed by atoms with Crippen molar-refractivity contribution >= 4 is 23.6 Å². The first kappa shape index (κ1) is 17.2. The average molecular weight is 317 g/mol. The van der Waals surface area contributed by atoms with Crippen LogP contribution in [0.1, 0.15) is 31.2 Å². The molecule has 2 rings (SSSR count). The summed E-state index contributed by atoms with van der Waals surface area (Å²) in [5, 5.41) is 0. The molecule has 1 aliphatic rings. The Labute approximate surface area is 136 Å². The zero-order valence-corrected chi connectivity index (χ0v) is 13.5. The Hall–Kier alpha value is -2.14. The number of unbranched alkanes of at least 4 members (excludes halogenated alkanes) is 1. The first-order chi connectivity index (χ1) is 11.2. The van der Waals surface area contributed by atoms with Crippen molar-refractivity contribution in [1.29, 1.82) is 0 Å². The molecule has 1 aliphatic heterocycles. The van der Waals surface area contributed by atoms with E-state index < -0.39 is 0 Å². The molecular weight excluding hydrogens is 294 g/mol. The predicted molar refractivity (Wildman–Crippen MR) is 89.1 cm³/mol. The number of hydrogen-bond donors (Lipinski definition) is 0. The van der Waals surface area contributed by atoms with Gasteiger partial charge in [-0.25, -0.2) is 4.79 Å². The number of esters is 1. The minimum atomic E-state index is -0.346. The second-order valence-corrected chi connectivity index (χ2v) is 5.44. The van der Waals surface area contributed by atoms with Gasteiger partial charge in [-0.15, -0.1) is 0 Å². The standard InChI is InChI=1S/C18H23NO4/c1-22-13-2-3-14-23-18(21)11-8-15-6-9-16(10-7-15)19-12-4-5-17(19)20/h6-11H,2-5,12-14H2,1H3. The minimum Gasteiger partial charge on any atom is -0.463 e. The molecule has 0 aliphatic carbocycles. The van der Waals surface area contributed by atoms with Crippen LogP contribution < -0.4 is 4.90 Å². The summed E-state index contributed by atoms with van der Waals surface area (Å²) in [7, 11) is 1.65. The zero-order chi connectivity index (χ0) is 16.5. The fourth-order valence-corrected chi connectivity index (χ4v) is 2.42. The molecule has 1 fully saturated rings. The van der Waals surface area contributed by atoms with Gasteiger partial charge < -0.3 is 14.4 Å². The highest BCUT2D eigenvalue weighted by Gasteiger charge is 2.21. The molecule has 0 unspecified atom stereocenters. The maximum absolute atomic E-state index is 11.7. The number of rotatable bonds is 8. The van der Waals surface area contributed by atoms with Crippen LogP contribution in [0.25, 0.3) is 6.08 Å². The first-order valence-corrected chi connectivity index (χ1v) is 7.95. The molecule has 0 atom stereocenters. The summed E-state index contributed by atoms with van der Waals surface area (Å²) in [6.45, 7) is 1.87. The van der Waals surface area contributed by atoms with Gasteiger partial charge in [-0.05, 0) is 43.0 Å². The van der Waals surface area contributed by atoms with Gasteiger partial charge in [-0.3, -0.25) is 4.79 Å². The summed E-state index contributed by atoms with van der Waals surface area (Å²) in [6, 6.07) is 7.59. The van der Waals surface area contributed by atoms with E-state index in [1.54, 1.807) is 18.1 Å². The minimum absolute atomic E-state index is 0.172. The van der Waals surface area contributed by atoms with E-state index in [4.69, 9.17) is 9.47 Å². The van der Waals surface area contributed by atoms with Crippen LogP contribution in [0.5, 0.6) is 0 Å². The van der Waals surface area contributed by atoms with Crippen LogP contribution in [0.15, 0.2) is 30.3 Å². The number of ether oxygens (including phenoxy) is 2. The molecule has 0 radical (unpaired) electrons. The van der Waals surface area contributed by atoms with Gasteiger partial charge in [0.1, 0.15) is 0 Å². The van der Waals surface area contributed by atoms with Crippen LogP contribution in [-0.2, 0) is 19.1 Å². The molecule has 5 nitrogen and oxygen atoms in total. The van der Waals surface area contributed by atoms with E-state index in [-0.39, 0.29) is 11.9 Å². The molecule has 0 aromatic heterocycles. The number of nitrogens with zero attached hydrogens (tertiary/aromatic N) is 1. The third kappa shape index (κ3) is 5.53. The molecule has 0 bridgehead atoms. The Kier molecular flexibility index (Phi) is 6.81. The van der Waals surface area contributed by atoms with E-state index in [2.05, 4.69) is 0 Å². The van der Waals surface area contributed by atoms with Crippen LogP contribution in [0.2, 0.25) is 0 Å². The predicted octanol–water partition coefficient (Wildman–Crippen LogP) is 2.80. The van der Waals surface area contributed by atoms with Gasteiger partial charge in [0.05, 0.1) is 6.61 Å². The third-order valence-corrected chi connectivity index (χ3v) is 3.68. The van der Waals surface area contributed by atoms with Crippen molar-refractivity contribution in [3.05, 3.63) is 35.9 Å². The number of anilines is 1. The van der Waals surface area contributed by atoms with Gasteiger partial charge >= 0.3 is 5.97 Å². The van der Waals surface area contributed by atoms with Gasteiger partial charge in [0.15, 0.2) is 0 Å². The Morgan fingerprint density at radius 2 is 1.96 bits per heavy atom. The maximum atomic E-state index is 11.7. The number of carbonyl (C=O) groups excluding carboxylic acids is 2. The van der Waals surface area contributed by atoms with Crippen molar-refractivity contribution in [2.45, 2.75) is 25.7 Å². The number of amides is 1. The summed E-state index contributed by atoms with van der Waals surface area (Å²) in [4.78, 5) is 25.1. The van der Waals surface area contributed by atoms with Crippen LogP contribution in [-0.4, -0.2) is 38.7 Å². The second-order valence-electron chi connectivity index (χ2n) is 5.44. The molecule has 1 heterocycles. The molecule has 0 spiro atoms. The summed E-state index contributed by atoms with van der Waals surface area (Å²) < 4.78 is 10.0. The molecule has 0 N–H and O–H groups in total.